The second-order valence-electron chi connectivity index (χ2n) is 5.26. The zero-order valence-corrected chi connectivity index (χ0v) is 12.6. The molecule has 2 aromatic rings. The third kappa shape index (κ3) is 2.40. The molecule has 1 aliphatic heterocycles. The minimum absolute atomic E-state index is 0.427. The molecule has 1 aromatic carbocycles. The van der Waals surface area contributed by atoms with Crippen molar-refractivity contribution in [2.75, 3.05) is 5.32 Å². The number of nitrogens with zero attached hydrogens (tertiary/aromatic N) is 3. The molecule has 20 heavy (non-hydrogen) atoms. The molecular formula is C15H19ClN4. The highest BCUT2D eigenvalue weighted by Gasteiger charge is 2.27. The van der Waals surface area contributed by atoms with Crippen molar-refractivity contribution >= 4 is 17.5 Å². The van der Waals surface area contributed by atoms with Crippen molar-refractivity contribution in [3.63, 3.8) is 0 Å². The lowest BCUT2D eigenvalue weighted by Gasteiger charge is -2.29. The number of nitrogens with one attached hydrogen (secondary N) is 1. The van der Waals surface area contributed by atoms with Crippen LogP contribution in [0.5, 0.6) is 0 Å². The first kappa shape index (κ1) is 13.4. The first-order chi connectivity index (χ1) is 9.71. The maximum atomic E-state index is 6.05. The third-order valence-corrected chi connectivity index (χ3v) is 4.15. The van der Waals surface area contributed by atoms with Crippen LogP contribution in [0.25, 0.3) is 11.4 Å². The summed E-state index contributed by atoms with van der Waals surface area (Å²) in [4.78, 5) is 4.64. The van der Waals surface area contributed by atoms with Gasteiger partial charge in [-0.15, -0.1) is 5.10 Å². The highest BCUT2D eigenvalue weighted by atomic mass is 35.5. The van der Waals surface area contributed by atoms with E-state index in [1.54, 1.807) is 0 Å². The molecule has 0 bridgehead atoms. The normalized spacial score (nSPS) is 21.4. The average Bonchev–Trinajstić information content (AvgIpc) is 2.90. The molecule has 0 saturated carbocycles. The maximum absolute atomic E-state index is 6.05. The van der Waals surface area contributed by atoms with Crippen LogP contribution in [0.3, 0.4) is 0 Å². The van der Waals surface area contributed by atoms with Gasteiger partial charge in [-0.2, -0.15) is 4.98 Å². The molecule has 2 atom stereocenters. The van der Waals surface area contributed by atoms with Gasteiger partial charge >= 0.3 is 0 Å². The van der Waals surface area contributed by atoms with Gasteiger partial charge in [-0.25, -0.2) is 4.68 Å². The average molecular weight is 291 g/mol. The topological polar surface area (TPSA) is 42.7 Å². The van der Waals surface area contributed by atoms with E-state index in [4.69, 9.17) is 11.6 Å². The lowest BCUT2D eigenvalue weighted by molar-refractivity contribution is 0.361. The SMILES string of the molecule is CCC1CC(CC)n2nc(-c3cccc(Cl)c3)nc2N1. The summed E-state index contributed by atoms with van der Waals surface area (Å²) in [5.74, 6) is 1.62. The molecule has 0 fully saturated rings. The van der Waals surface area contributed by atoms with Gasteiger partial charge in [0.15, 0.2) is 5.82 Å². The van der Waals surface area contributed by atoms with Crippen molar-refractivity contribution < 1.29 is 0 Å². The van der Waals surface area contributed by atoms with Gasteiger partial charge in [0.25, 0.3) is 0 Å². The van der Waals surface area contributed by atoms with E-state index in [9.17, 15) is 0 Å². The Balaban J connectivity index is 1.99. The van der Waals surface area contributed by atoms with E-state index < -0.39 is 0 Å². The van der Waals surface area contributed by atoms with Gasteiger partial charge in [-0.1, -0.05) is 37.6 Å². The Morgan fingerprint density at radius 2 is 2.20 bits per heavy atom. The second kappa shape index (κ2) is 5.44. The fraction of sp³-hybridized carbons (Fsp3) is 0.467. The smallest absolute Gasteiger partial charge is 0.222 e. The fourth-order valence-electron chi connectivity index (χ4n) is 2.70. The molecule has 4 nitrogen and oxygen atoms in total. The van der Waals surface area contributed by atoms with E-state index >= 15 is 0 Å². The van der Waals surface area contributed by atoms with Crippen molar-refractivity contribution in [1.82, 2.24) is 14.8 Å². The van der Waals surface area contributed by atoms with Crippen LogP contribution in [0.2, 0.25) is 5.02 Å². The minimum Gasteiger partial charge on any atom is -0.352 e. The molecule has 2 heterocycles. The van der Waals surface area contributed by atoms with Crippen molar-refractivity contribution in [2.24, 2.45) is 0 Å². The number of rotatable bonds is 3. The number of fused-ring (bicyclic) bond motifs is 1. The molecular weight excluding hydrogens is 272 g/mol. The summed E-state index contributed by atoms with van der Waals surface area (Å²) in [5.41, 5.74) is 0.962. The number of hydrogen-bond acceptors (Lipinski definition) is 3. The van der Waals surface area contributed by atoms with Crippen LogP contribution in [0.1, 0.15) is 39.2 Å². The number of anilines is 1. The van der Waals surface area contributed by atoms with Crippen molar-refractivity contribution in [3.05, 3.63) is 29.3 Å². The third-order valence-electron chi connectivity index (χ3n) is 3.91. The quantitative estimate of drug-likeness (QED) is 0.923. The lowest BCUT2D eigenvalue weighted by Crippen LogP contribution is -2.31. The summed E-state index contributed by atoms with van der Waals surface area (Å²) < 4.78 is 2.03. The lowest BCUT2D eigenvalue weighted by atomic mass is 10.0. The van der Waals surface area contributed by atoms with Gasteiger partial charge in [0, 0.05) is 16.6 Å². The predicted octanol–water partition coefficient (Wildman–Crippen LogP) is 4.14. The Kier molecular flexibility index (Phi) is 3.66. The number of hydrogen-bond donors (Lipinski definition) is 1. The Labute approximate surface area is 124 Å². The molecule has 0 radical (unpaired) electrons. The molecule has 1 aromatic heterocycles. The number of halogens is 1. The van der Waals surface area contributed by atoms with Gasteiger partial charge in [0.05, 0.1) is 6.04 Å². The van der Waals surface area contributed by atoms with Crippen LogP contribution in [0.15, 0.2) is 24.3 Å². The Morgan fingerprint density at radius 3 is 2.90 bits per heavy atom. The summed E-state index contributed by atoms with van der Waals surface area (Å²) in [5, 5.41) is 8.85. The monoisotopic (exact) mass is 290 g/mol. The minimum atomic E-state index is 0.427. The van der Waals surface area contributed by atoms with E-state index in [1.807, 2.05) is 28.9 Å². The molecule has 0 aliphatic carbocycles. The first-order valence-corrected chi connectivity index (χ1v) is 7.58. The summed E-state index contributed by atoms with van der Waals surface area (Å²) in [6, 6.07) is 8.60. The largest absolute Gasteiger partial charge is 0.352 e. The van der Waals surface area contributed by atoms with Crippen molar-refractivity contribution in [2.45, 2.75) is 45.2 Å². The van der Waals surface area contributed by atoms with Crippen molar-refractivity contribution in [3.8, 4) is 11.4 Å². The van der Waals surface area contributed by atoms with Crippen LogP contribution >= 0.6 is 11.6 Å². The highest BCUT2D eigenvalue weighted by molar-refractivity contribution is 6.30. The first-order valence-electron chi connectivity index (χ1n) is 7.20. The standard InChI is InChI=1S/C15H19ClN4/c1-3-12-9-13(4-2)20-15(17-12)18-14(19-20)10-6-5-7-11(16)8-10/h5-8,12-13H,3-4,9H2,1-2H3,(H,17,18,19). The molecule has 3 rings (SSSR count). The molecule has 0 saturated heterocycles. The number of benzene rings is 1. The molecule has 2 unspecified atom stereocenters. The number of aromatic nitrogens is 3. The van der Waals surface area contributed by atoms with Crippen LogP contribution in [0, 0.1) is 0 Å². The van der Waals surface area contributed by atoms with Gasteiger partial charge in [0.1, 0.15) is 0 Å². The van der Waals surface area contributed by atoms with Crippen LogP contribution in [-0.2, 0) is 0 Å². The van der Waals surface area contributed by atoms with Gasteiger partial charge in [-0.05, 0) is 31.4 Å². The van der Waals surface area contributed by atoms with Crippen LogP contribution < -0.4 is 5.32 Å². The molecule has 1 aliphatic rings. The highest BCUT2D eigenvalue weighted by Crippen LogP contribution is 2.31. The maximum Gasteiger partial charge on any atom is 0.222 e. The van der Waals surface area contributed by atoms with E-state index in [0.29, 0.717) is 17.1 Å². The second-order valence-corrected chi connectivity index (χ2v) is 5.70. The zero-order valence-electron chi connectivity index (χ0n) is 11.8. The van der Waals surface area contributed by atoms with Crippen molar-refractivity contribution in [1.29, 1.82) is 0 Å². The molecule has 5 heteroatoms. The van der Waals surface area contributed by atoms with Crippen LogP contribution in [-0.4, -0.2) is 20.8 Å². The van der Waals surface area contributed by atoms with Gasteiger partial charge < -0.3 is 5.32 Å². The summed E-state index contributed by atoms with van der Waals surface area (Å²) in [7, 11) is 0. The summed E-state index contributed by atoms with van der Waals surface area (Å²) in [6.07, 6.45) is 3.29. The van der Waals surface area contributed by atoms with E-state index in [0.717, 1.165) is 36.6 Å². The van der Waals surface area contributed by atoms with E-state index in [1.165, 1.54) is 0 Å². The Morgan fingerprint density at radius 1 is 1.35 bits per heavy atom. The molecule has 106 valence electrons. The Hall–Kier alpha value is -1.55. The molecule has 1 N–H and O–H groups in total. The van der Waals surface area contributed by atoms with Gasteiger partial charge in [-0.3, -0.25) is 0 Å². The molecule has 0 spiro atoms. The molecule has 0 amide bonds. The summed E-state index contributed by atoms with van der Waals surface area (Å²) in [6.45, 7) is 4.40. The predicted molar refractivity (Wildman–Crippen MR) is 82.1 cm³/mol. The summed E-state index contributed by atoms with van der Waals surface area (Å²) >= 11 is 6.05. The van der Waals surface area contributed by atoms with Crippen LogP contribution in [0.4, 0.5) is 5.95 Å². The van der Waals surface area contributed by atoms with E-state index in [-0.39, 0.29) is 0 Å². The zero-order chi connectivity index (χ0) is 14.1. The Bertz CT molecular complexity index is 608. The fourth-order valence-corrected chi connectivity index (χ4v) is 2.89. The van der Waals surface area contributed by atoms with Gasteiger partial charge in [0.2, 0.25) is 5.95 Å². The van der Waals surface area contributed by atoms with E-state index in [2.05, 4.69) is 29.2 Å².